The van der Waals surface area contributed by atoms with Gasteiger partial charge in [-0.3, -0.25) is 4.79 Å². The maximum absolute atomic E-state index is 12.2. The van der Waals surface area contributed by atoms with Crippen LogP contribution in [0.4, 0.5) is 0 Å². The SMILES string of the molecule is CCC1CCC(C2CCC(C(=O)OC[C@@H](C)CC)CC2)CC1. The summed E-state index contributed by atoms with van der Waals surface area (Å²) in [7, 11) is 0. The number of esters is 1. The molecule has 0 unspecified atom stereocenters. The lowest BCUT2D eigenvalue weighted by atomic mass is 9.69. The molecule has 22 heavy (non-hydrogen) atoms. The molecule has 2 rings (SSSR count). The molecule has 0 spiro atoms. The minimum Gasteiger partial charge on any atom is -0.465 e. The van der Waals surface area contributed by atoms with Gasteiger partial charge in [-0.25, -0.2) is 0 Å². The van der Waals surface area contributed by atoms with Gasteiger partial charge in [0.15, 0.2) is 0 Å². The molecule has 0 N–H and O–H groups in total. The van der Waals surface area contributed by atoms with Crippen molar-refractivity contribution in [2.24, 2.45) is 29.6 Å². The van der Waals surface area contributed by atoms with Crippen LogP contribution < -0.4 is 0 Å². The highest BCUT2D eigenvalue weighted by Gasteiger charge is 2.33. The summed E-state index contributed by atoms with van der Waals surface area (Å²) >= 11 is 0. The highest BCUT2D eigenvalue weighted by Crippen LogP contribution is 2.42. The van der Waals surface area contributed by atoms with E-state index >= 15 is 0 Å². The van der Waals surface area contributed by atoms with Crippen LogP contribution in [0.25, 0.3) is 0 Å². The molecule has 2 aliphatic carbocycles. The molecule has 0 amide bonds. The first-order chi connectivity index (χ1) is 10.6. The zero-order valence-corrected chi connectivity index (χ0v) is 15.0. The van der Waals surface area contributed by atoms with E-state index in [0.29, 0.717) is 12.5 Å². The van der Waals surface area contributed by atoms with Gasteiger partial charge in [0.2, 0.25) is 0 Å². The molecular formula is C20H36O2. The Kier molecular flexibility index (Phi) is 7.24. The highest BCUT2D eigenvalue weighted by molar-refractivity contribution is 5.72. The quantitative estimate of drug-likeness (QED) is 0.597. The van der Waals surface area contributed by atoms with Gasteiger partial charge in [-0.1, -0.05) is 46.5 Å². The maximum atomic E-state index is 12.2. The molecular weight excluding hydrogens is 272 g/mol. The van der Waals surface area contributed by atoms with Gasteiger partial charge in [0.05, 0.1) is 12.5 Å². The molecule has 0 aliphatic heterocycles. The van der Waals surface area contributed by atoms with Crippen molar-refractivity contribution < 1.29 is 9.53 Å². The molecule has 2 aliphatic rings. The number of rotatable bonds is 6. The number of carbonyl (C=O) groups excluding carboxylic acids is 1. The predicted molar refractivity (Wildman–Crippen MR) is 91.6 cm³/mol. The van der Waals surface area contributed by atoms with Gasteiger partial charge in [-0.05, 0) is 62.2 Å². The van der Waals surface area contributed by atoms with Gasteiger partial charge in [0, 0.05) is 0 Å². The molecule has 1 atom stereocenters. The fourth-order valence-corrected chi connectivity index (χ4v) is 4.35. The van der Waals surface area contributed by atoms with Gasteiger partial charge in [-0.15, -0.1) is 0 Å². The van der Waals surface area contributed by atoms with Crippen LogP contribution in [0.2, 0.25) is 0 Å². The average molecular weight is 309 g/mol. The van der Waals surface area contributed by atoms with Crippen molar-refractivity contribution in [2.45, 2.75) is 85.0 Å². The van der Waals surface area contributed by atoms with E-state index in [2.05, 4.69) is 20.8 Å². The van der Waals surface area contributed by atoms with E-state index in [1.54, 1.807) is 0 Å². The van der Waals surface area contributed by atoms with E-state index < -0.39 is 0 Å². The van der Waals surface area contributed by atoms with Crippen molar-refractivity contribution in [1.82, 2.24) is 0 Å². The van der Waals surface area contributed by atoms with Gasteiger partial charge >= 0.3 is 5.97 Å². The molecule has 128 valence electrons. The summed E-state index contributed by atoms with van der Waals surface area (Å²) in [6.45, 7) is 7.24. The van der Waals surface area contributed by atoms with E-state index in [-0.39, 0.29) is 11.9 Å². The van der Waals surface area contributed by atoms with Crippen molar-refractivity contribution in [3.8, 4) is 0 Å². The summed E-state index contributed by atoms with van der Waals surface area (Å²) in [6, 6.07) is 0. The van der Waals surface area contributed by atoms with Crippen molar-refractivity contribution in [2.75, 3.05) is 6.61 Å². The van der Waals surface area contributed by atoms with E-state index in [0.717, 1.165) is 37.0 Å². The number of hydrogen-bond donors (Lipinski definition) is 0. The topological polar surface area (TPSA) is 26.3 Å². The molecule has 0 radical (unpaired) electrons. The first-order valence-corrected chi connectivity index (χ1v) is 9.80. The molecule has 0 heterocycles. The van der Waals surface area contributed by atoms with Gasteiger partial charge < -0.3 is 4.74 Å². The van der Waals surface area contributed by atoms with Crippen molar-refractivity contribution in [1.29, 1.82) is 0 Å². The summed E-state index contributed by atoms with van der Waals surface area (Å²) < 4.78 is 5.50. The summed E-state index contributed by atoms with van der Waals surface area (Å²) in [5, 5.41) is 0. The number of hydrogen-bond acceptors (Lipinski definition) is 2. The molecule has 2 heteroatoms. The second-order valence-corrected chi connectivity index (χ2v) is 7.94. The highest BCUT2D eigenvalue weighted by atomic mass is 16.5. The van der Waals surface area contributed by atoms with Crippen LogP contribution in [0.1, 0.15) is 85.0 Å². The van der Waals surface area contributed by atoms with Crippen molar-refractivity contribution in [3.63, 3.8) is 0 Å². The first-order valence-electron chi connectivity index (χ1n) is 9.80. The van der Waals surface area contributed by atoms with Crippen LogP contribution in [0.5, 0.6) is 0 Å². The Labute approximate surface area is 137 Å². The largest absolute Gasteiger partial charge is 0.465 e. The molecule has 0 aromatic heterocycles. The Morgan fingerprint density at radius 3 is 2.00 bits per heavy atom. The number of carbonyl (C=O) groups is 1. The van der Waals surface area contributed by atoms with Crippen LogP contribution in [-0.2, 0) is 9.53 Å². The van der Waals surface area contributed by atoms with Crippen LogP contribution >= 0.6 is 0 Å². The smallest absolute Gasteiger partial charge is 0.308 e. The lowest BCUT2D eigenvalue weighted by Gasteiger charge is -2.37. The normalized spacial score (nSPS) is 34.1. The third kappa shape index (κ3) is 4.99. The van der Waals surface area contributed by atoms with Crippen LogP contribution in [0, 0.1) is 29.6 Å². The second-order valence-electron chi connectivity index (χ2n) is 7.94. The summed E-state index contributed by atoms with van der Waals surface area (Å²) in [4.78, 5) is 12.2. The molecule has 0 aromatic carbocycles. The third-order valence-corrected chi connectivity index (χ3v) is 6.45. The zero-order valence-electron chi connectivity index (χ0n) is 15.0. The first kappa shape index (κ1) is 17.8. The Morgan fingerprint density at radius 2 is 1.50 bits per heavy atom. The standard InChI is InChI=1S/C20H36O2/c1-4-15(3)14-22-20(21)19-12-10-18(11-13-19)17-8-6-16(5-2)7-9-17/h15-19H,4-14H2,1-3H3/t15-,16?,17?,18?,19?/m0/s1. The Morgan fingerprint density at radius 1 is 0.955 bits per heavy atom. The van der Waals surface area contributed by atoms with Gasteiger partial charge in [0.1, 0.15) is 0 Å². The van der Waals surface area contributed by atoms with Crippen molar-refractivity contribution in [3.05, 3.63) is 0 Å². The molecule has 0 aromatic rings. The molecule has 2 saturated carbocycles. The number of ether oxygens (including phenoxy) is 1. The lowest BCUT2D eigenvalue weighted by Crippen LogP contribution is -2.29. The minimum absolute atomic E-state index is 0.0773. The van der Waals surface area contributed by atoms with Crippen LogP contribution in [-0.4, -0.2) is 12.6 Å². The molecule has 0 bridgehead atoms. The predicted octanol–water partition coefficient (Wildman–Crippen LogP) is 5.60. The lowest BCUT2D eigenvalue weighted by molar-refractivity contribution is -0.151. The van der Waals surface area contributed by atoms with E-state index in [4.69, 9.17) is 4.74 Å². The van der Waals surface area contributed by atoms with Gasteiger partial charge in [-0.2, -0.15) is 0 Å². The summed E-state index contributed by atoms with van der Waals surface area (Å²) in [5.74, 6) is 3.58. The zero-order chi connectivity index (χ0) is 15.9. The van der Waals surface area contributed by atoms with Crippen LogP contribution in [0.3, 0.4) is 0 Å². The molecule has 0 saturated heterocycles. The summed E-state index contributed by atoms with van der Waals surface area (Å²) in [5.41, 5.74) is 0. The van der Waals surface area contributed by atoms with Crippen LogP contribution in [0.15, 0.2) is 0 Å². The van der Waals surface area contributed by atoms with E-state index in [9.17, 15) is 4.79 Å². The fourth-order valence-electron chi connectivity index (χ4n) is 4.35. The van der Waals surface area contributed by atoms with Crippen molar-refractivity contribution >= 4 is 5.97 Å². The average Bonchev–Trinajstić information content (AvgIpc) is 2.59. The monoisotopic (exact) mass is 308 g/mol. The fraction of sp³-hybridized carbons (Fsp3) is 0.950. The minimum atomic E-state index is 0.0773. The Balaban J connectivity index is 1.68. The van der Waals surface area contributed by atoms with Gasteiger partial charge in [0.25, 0.3) is 0 Å². The third-order valence-electron chi connectivity index (χ3n) is 6.45. The second kappa shape index (κ2) is 8.93. The summed E-state index contributed by atoms with van der Waals surface area (Å²) in [6.07, 6.45) is 12.8. The van der Waals surface area contributed by atoms with E-state index in [1.807, 2.05) is 0 Å². The Hall–Kier alpha value is -0.530. The molecule has 2 fully saturated rings. The maximum Gasteiger partial charge on any atom is 0.308 e. The van der Waals surface area contributed by atoms with E-state index in [1.165, 1.54) is 44.9 Å². The Bertz CT molecular complexity index is 323. The molecule has 2 nitrogen and oxygen atoms in total.